The lowest BCUT2D eigenvalue weighted by atomic mass is 10.1. The third-order valence-corrected chi connectivity index (χ3v) is 5.39. The molecule has 10 heteroatoms. The molecule has 0 fully saturated rings. The number of hydrogen-bond donors (Lipinski definition) is 1. The van der Waals surface area contributed by atoms with E-state index in [1.165, 1.54) is 32.4 Å². The van der Waals surface area contributed by atoms with Crippen LogP contribution in [0.25, 0.3) is 11.0 Å². The van der Waals surface area contributed by atoms with Crippen LogP contribution in [0.5, 0.6) is 11.5 Å². The second kappa shape index (κ2) is 9.13. The number of halogens is 3. The molecule has 2 aromatic carbocycles. The number of rotatable bonds is 6. The minimum atomic E-state index is -4.97. The first-order valence-electron chi connectivity index (χ1n) is 10.1. The summed E-state index contributed by atoms with van der Waals surface area (Å²) in [6.45, 7) is 5.12. The van der Waals surface area contributed by atoms with Gasteiger partial charge >= 0.3 is 6.18 Å². The van der Waals surface area contributed by atoms with Gasteiger partial charge in [0.1, 0.15) is 17.5 Å². The summed E-state index contributed by atoms with van der Waals surface area (Å²) < 4.78 is 52.1. The first-order valence-corrected chi connectivity index (χ1v) is 10.1. The van der Waals surface area contributed by atoms with Crippen LogP contribution in [0.15, 0.2) is 35.1 Å². The lowest BCUT2D eigenvalue weighted by Crippen LogP contribution is -2.37. The van der Waals surface area contributed by atoms with Crippen LogP contribution in [0.2, 0.25) is 0 Å². The molecular weight excluding hydrogens is 439 g/mol. The van der Waals surface area contributed by atoms with Crippen molar-refractivity contribution < 1.29 is 27.4 Å². The molecule has 0 unspecified atom stereocenters. The van der Waals surface area contributed by atoms with Crippen LogP contribution in [0.4, 0.5) is 18.9 Å². The molecule has 1 heterocycles. The van der Waals surface area contributed by atoms with Crippen molar-refractivity contribution in [1.82, 2.24) is 9.55 Å². The number of nitrogens with zero attached hydrogens (tertiary/aromatic N) is 2. The second-order valence-electron chi connectivity index (χ2n) is 7.57. The Labute approximate surface area is 188 Å². The van der Waals surface area contributed by atoms with Gasteiger partial charge in [0.15, 0.2) is 0 Å². The summed E-state index contributed by atoms with van der Waals surface area (Å²) in [5.74, 6) is 0.165. The van der Waals surface area contributed by atoms with Gasteiger partial charge in [0.25, 0.3) is 5.56 Å². The topological polar surface area (TPSA) is 82.5 Å². The number of aryl methyl sites for hydroxylation is 2. The molecule has 0 aliphatic rings. The molecule has 176 valence electrons. The van der Waals surface area contributed by atoms with Gasteiger partial charge in [-0.05, 0) is 43.5 Å². The van der Waals surface area contributed by atoms with Crippen LogP contribution in [-0.4, -0.2) is 29.7 Å². The number of fused-ring (bicyclic) bond motifs is 1. The highest BCUT2D eigenvalue weighted by Gasteiger charge is 2.39. The Bertz CT molecular complexity index is 1250. The monoisotopic (exact) mass is 463 g/mol. The average molecular weight is 463 g/mol. The molecule has 1 N–H and O–H groups in total. The Morgan fingerprint density at radius 3 is 2.15 bits per heavy atom. The molecular formula is C23H24F3N3O4. The van der Waals surface area contributed by atoms with Gasteiger partial charge < -0.3 is 14.8 Å². The second-order valence-corrected chi connectivity index (χ2v) is 7.57. The van der Waals surface area contributed by atoms with E-state index in [1.54, 1.807) is 32.9 Å². The average Bonchev–Trinajstić information content (AvgIpc) is 2.75. The third kappa shape index (κ3) is 4.79. The van der Waals surface area contributed by atoms with E-state index in [4.69, 9.17) is 9.47 Å². The number of anilines is 1. The van der Waals surface area contributed by atoms with Gasteiger partial charge in [-0.3, -0.25) is 14.2 Å². The fourth-order valence-electron chi connectivity index (χ4n) is 3.54. The number of hydrogen-bond acceptors (Lipinski definition) is 5. The molecule has 0 saturated carbocycles. The lowest BCUT2D eigenvalue weighted by molar-refractivity contribution is -0.142. The highest BCUT2D eigenvalue weighted by Crippen LogP contribution is 2.30. The molecule has 3 rings (SSSR count). The van der Waals surface area contributed by atoms with E-state index in [2.05, 4.69) is 10.3 Å². The number of carbonyl (C=O) groups excluding carboxylic acids is 1. The molecule has 0 aliphatic carbocycles. The largest absolute Gasteiger partial charge is 0.497 e. The summed E-state index contributed by atoms with van der Waals surface area (Å²) in [6.07, 6.45) is -4.91. The van der Waals surface area contributed by atoms with E-state index in [0.29, 0.717) is 22.7 Å². The fraction of sp³-hybridized carbons (Fsp3) is 0.348. The van der Waals surface area contributed by atoms with E-state index in [9.17, 15) is 22.8 Å². The molecule has 1 amide bonds. The zero-order valence-electron chi connectivity index (χ0n) is 18.8. The molecule has 0 aliphatic heterocycles. The van der Waals surface area contributed by atoms with E-state index in [-0.39, 0.29) is 17.5 Å². The van der Waals surface area contributed by atoms with E-state index >= 15 is 0 Å². The van der Waals surface area contributed by atoms with E-state index in [1.807, 2.05) is 0 Å². The first-order chi connectivity index (χ1) is 15.5. The molecule has 0 radical (unpaired) electrons. The zero-order valence-corrected chi connectivity index (χ0v) is 18.8. The molecule has 1 atom stereocenters. The van der Waals surface area contributed by atoms with Crippen molar-refractivity contribution in [1.29, 1.82) is 0 Å². The van der Waals surface area contributed by atoms with Crippen molar-refractivity contribution in [3.05, 3.63) is 57.5 Å². The standard InChI is InChI=1S/C23H24F3N3O4/c1-6-18(21(30)27-14-9-15(32-4)11-16(10-14)33-5)29-19-8-13(3)12(2)7-17(19)28-20(22(29)31)23(24,25)26/h7-11,18H,6H2,1-5H3,(H,27,30)/t18-/m1/s1. The normalized spacial score (nSPS) is 12.5. The molecule has 0 saturated heterocycles. The van der Waals surface area contributed by atoms with Crippen LogP contribution < -0.4 is 20.3 Å². The maximum absolute atomic E-state index is 13.6. The summed E-state index contributed by atoms with van der Waals surface area (Å²) in [4.78, 5) is 29.7. The number of aromatic nitrogens is 2. The summed E-state index contributed by atoms with van der Waals surface area (Å²) in [6, 6.07) is 6.51. The fourth-order valence-corrected chi connectivity index (χ4v) is 3.54. The van der Waals surface area contributed by atoms with Gasteiger partial charge in [-0.25, -0.2) is 4.98 Å². The minimum absolute atomic E-state index is 0.0145. The number of ether oxygens (including phenoxy) is 2. The number of amides is 1. The predicted molar refractivity (Wildman–Crippen MR) is 118 cm³/mol. The molecule has 33 heavy (non-hydrogen) atoms. The lowest BCUT2D eigenvalue weighted by Gasteiger charge is -2.22. The predicted octanol–water partition coefficient (Wildman–Crippen LogP) is 4.64. The van der Waals surface area contributed by atoms with E-state index < -0.39 is 29.4 Å². The molecule has 0 bridgehead atoms. The Morgan fingerprint density at radius 1 is 1.06 bits per heavy atom. The van der Waals surface area contributed by atoms with Gasteiger partial charge in [0, 0.05) is 23.9 Å². The van der Waals surface area contributed by atoms with Crippen LogP contribution in [-0.2, 0) is 11.0 Å². The number of benzene rings is 2. The minimum Gasteiger partial charge on any atom is -0.497 e. The number of methoxy groups -OCH3 is 2. The Balaban J connectivity index is 2.18. The van der Waals surface area contributed by atoms with Crippen LogP contribution in [0.3, 0.4) is 0 Å². The van der Waals surface area contributed by atoms with Gasteiger partial charge in [-0.15, -0.1) is 0 Å². The summed E-state index contributed by atoms with van der Waals surface area (Å²) in [5, 5.41) is 2.66. The third-order valence-electron chi connectivity index (χ3n) is 5.39. The summed E-state index contributed by atoms with van der Waals surface area (Å²) in [5.41, 5.74) is -1.01. The van der Waals surface area contributed by atoms with Crippen LogP contribution in [0.1, 0.15) is 36.2 Å². The first kappa shape index (κ1) is 24.1. The Morgan fingerprint density at radius 2 is 1.64 bits per heavy atom. The highest BCUT2D eigenvalue weighted by atomic mass is 19.4. The number of nitrogens with one attached hydrogen (secondary N) is 1. The SMILES string of the molecule is CC[C@H](C(=O)Nc1cc(OC)cc(OC)c1)n1c(=O)c(C(F)(F)F)nc2cc(C)c(C)cc21. The van der Waals surface area contributed by atoms with Crippen molar-refractivity contribution in [2.24, 2.45) is 0 Å². The maximum atomic E-state index is 13.6. The van der Waals surface area contributed by atoms with Crippen molar-refractivity contribution in [3.8, 4) is 11.5 Å². The van der Waals surface area contributed by atoms with Gasteiger partial charge in [0.05, 0.1) is 25.3 Å². The quantitative estimate of drug-likeness (QED) is 0.576. The molecule has 7 nitrogen and oxygen atoms in total. The Kier molecular flexibility index (Phi) is 6.66. The van der Waals surface area contributed by atoms with Crippen LogP contribution in [0, 0.1) is 13.8 Å². The molecule has 1 aromatic heterocycles. The zero-order chi connectivity index (χ0) is 24.5. The van der Waals surface area contributed by atoms with Gasteiger partial charge in [-0.1, -0.05) is 6.92 Å². The molecule has 0 spiro atoms. The van der Waals surface area contributed by atoms with E-state index in [0.717, 1.165) is 10.1 Å². The number of alkyl halides is 3. The van der Waals surface area contributed by atoms with Crippen molar-refractivity contribution in [2.45, 2.75) is 39.4 Å². The number of carbonyl (C=O) groups is 1. The maximum Gasteiger partial charge on any atom is 0.438 e. The summed E-state index contributed by atoms with van der Waals surface area (Å²) in [7, 11) is 2.89. The van der Waals surface area contributed by atoms with Crippen molar-refractivity contribution >= 4 is 22.6 Å². The Hall–Kier alpha value is -3.56. The van der Waals surface area contributed by atoms with Gasteiger partial charge in [0.2, 0.25) is 11.6 Å². The highest BCUT2D eigenvalue weighted by molar-refractivity contribution is 5.95. The van der Waals surface area contributed by atoms with Crippen LogP contribution >= 0.6 is 0 Å². The van der Waals surface area contributed by atoms with Crippen molar-refractivity contribution in [3.63, 3.8) is 0 Å². The van der Waals surface area contributed by atoms with Gasteiger partial charge in [-0.2, -0.15) is 13.2 Å². The van der Waals surface area contributed by atoms with Crippen molar-refractivity contribution in [2.75, 3.05) is 19.5 Å². The smallest absolute Gasteiger partial charge is 0.438 e. The molecule has 3 aromatic rings. The summed E-state index contributed by atoms with van der Waals surface area (Å²) >= 11 is 0.